The van der Waals surface area contributed by atoms with E-state index in [1.807, 2.05) is 0 Å². The van der Waals surface area contributed by atoms with Gasteiger partial charge in [0.2, 0.25) is 0 Å². The molecule has 2 aromatic rings. The van der Waals surface area contributed by atoms with Crippen LogP contribution < -0.4 is 10.5 Å². The largest absolute Gasteiger partial charge is 0.386 e. The van der Waals surface area contributed by atoms with Gasteiger partial charge in [0.1, 0.15) is 4.21 Å². The van der Waals surface area contributed by atoms with Crippen molar-refractivity contribution in [3.63, 3.8) is 0 Å². The Kier molecular flexibility index (Phi) is 5.74. The molecule has 1 fully saturated rings. The number of rotatable bonds is 5. The minimum atomic E-state index is -3.43. The standard InChI is InChI=1S/C22H30N4O3S2/c1-12(2)18-19(13-8-9-13)24-16-7-5-6-15(16)20(18)25-21(27)26-31(23,29)17-10-14(11-30-17)22(3,4)28/h10-13,28H,5-9H2,1-4H3,(H3,23,24,25,26,27,29)/t31-/m0/s1. The van der Waals surface area contributed by atoms with Gasteiger partial charge in [-0.2, -0.15) is 0 Å². The fourth-order valence-electron chi connectivity index (χ4n) is 4.10. The topological polar surface area (TPSA) is 118 Å². The Morgan fingerprint density at radius 1 is 1.39 bits per heavy atom. The third kappa shape index (κ3) is 4.55. The van der Waals surface area contributed by atoms with Crippen LogP contribution in [0.25, 0.3) is 0 Å². The zero-order valence-electron chi connectivity index (χ0n) is 18.4. The summed E-state index contributed by atoms with van der Waals surface area (Å²) < 4.78 is 17.1. The SMILES string of the molecule is CC(C)c1c(C2CC2)nc2c(c1NC(=O)N=[S@](N)(=O)c1cc(C(C)(C)O)cs1)CCC2. The van der Waals surface area contributed by atoms with Crippen LogP contribution in [-0.2, 0) is 28.4 Å². The number of carbonyl (C=O) groups excluding carboxylic acids is 1. The molecule has 7 nitrogen and oxygen atoms in total. The lowest BCUT2D eigenvalue weighted by atomic mass is 9.93. The third-order valence-corrected chi connectivity index (χ3v) is 8.71. The van der Waals surface area contributed by atoms with Crippen LogP contribution in [0.5, 0.6) is 0 Å². The number of anilines is 1. The summed E-state index contributed by atoms with van der Waals surface area (Å²) >= 11 is 1.13. The second kappa shape index (κ2) is 7.95. The minimum absolute atomic E-state index is 0.193. The number of urea groups is 1. The molecule has 0 bridgehead atoms. The molecular weight excluding hydrogens is 432 g/mol. The molecule has 1 saturated carbocycles. The molecule has 2 amide bonds. The lowest BCUT2D eigenvalue weighted by Crippen LogP contribution is -2.19. The van der Waals surface area contributed by atoms with E-state index in [2.05, 4.69) is 23.5 Å². The van der Waals surface area contributed by atoms with Crippen LogP contribution >= 0.6 is 11.3 Å². The number of thiophene rings is 1. The average molecular weight is 463 g/mol. The molecule has 0 spiro atoms. The number of carbonyl (C=O) groups is 1. The second-order valence-corrected chi connectivity index (χ2v) is 12.2. The monoisotopic (exact) mass is 462 g/mol. The van der Waals surface area contributed by atoms with Gasteiger partial charge in [-0.1, -0.05) is 13.8 Å². The maximum atomic E-state index is 13.0. The predicted octanol–water partition coefficient (Wildman–Crippen LogP) is 4.79. The molecule has 0 unspecified atom stereocenters. The summed E-state index contributed by atoms with van der Waals surface area (Å²) in [5.41, 5.74) is 4.57. The highest BCUT2D eigenvalue weighted by Gasteiger charge is 2.33. The molecule has 1 atom stereocenters. The van der Waals surface area contributed by atoms with E-state index in [4.69, 9.17) is 10.1 Å². The van der Waals surface area contributed by atoms with Gasteiger partial charge in [0, 0.05) is 22.9 Å². The summed E-state index contributed by atoms with van der Waals surface area (Å²) in [4.78, 5) is 17.8. The van der Waals surface area contributed by atoms with E-state index in [0.717, 1.165) is 71.6 Å². The van der Waals surface area contributed by atoms with E-state index < -0.39 is 21.5 Å². The number of amides is 2. The minimum Gasteiger partial charge on any atom is -0.386 e. The van der Waals surface area contributed by atoms with Gasteiger partial charge in [-0.25, -0.2) is 14.1 Å². The van der Waals surface area contributed by atoms with Crippen molar-refractivity contribution in [1.82, 2.24) is 4.98 Å². The van der Waals surface area contributed by atoms with Gasteiger partial charge in [-0.05, 0) is 74.4 Å². The van der Waals surface area contributed by atoms with Gasteiger partial charge in [0.05, 0.1) is 11.3 Å². The number of fused-ring (bicyclic) bond motifs is 1. The molecule has 2 aliphatic carbocycles. The lowest BCUT2D eigenvalue weighted by molar-refractivity contribution is 0.0789. The molecule has 168 valence electrons. The van der Waals surface area contributed by atoms with Crippen molar-refractivity contribution in [1.29, 1.82) is 0 Å². The molecule has 0 radical (unpaired) electrons. The normalized spacial score (nSPS) is 18.0. The number of aliphatic hydroxyl groups is 1. The molecule has 9 heteroatoms. The first-order valence-electron chi connectivity index (χ1n) is 10.7. The van der Waals surface area contributed by atoms with Gasteiger partial charge >= 0.3 is 6.03 Å². The summed E-state index contributed by atoms with van der Waals surface area (Å²) in [5.74, 6) is 0.652. The summed E-state index contributed by atoms with van der Waals surface area (Å²) in [5, 5.41) is 20.7. The van der Waals surface area contributed by atoms with Gasteiger partial charge in [0.15, 0.2) is 9.92 Å². The number of pyridine rings is 1. The second-order valence-electron chi connectivity index (χ2n) is 9.30. The smallest absolute Gasteiger partial charge is 0.354 e. The number of nitrogens with zero attached hydrogens (tertiary/aromatic N) is 2. The van der Waals surface area contributed by atoms with E-state index in [9.17, 15) is 14.1 Å². The number of aromatic nitrogens is 1. The van der Waals surface area contributed by atoms with Crippen LogP contribution in [0.2, 0.25) is 0 Å². The first-order valence-corrected chi connectivity index (χ1v) is 13.2. The highest BCUT2D eigenvalue weighted by atomic mass is 32.2. The van der Waals surface area contributed by atoms with Crippen molar-refractivity contribution in [2.45, 2.75) is 81.4 Å². The van der Waals surface area contributed by atoms with Crippen molar-refractivity contribution < 1.29 is 14.1 Å². The molecule has 4 N–H and O–H groups in total. The maximum Gasteiger partial charge on any atom is 0.354 e. The molecule has 4 rings (SSSR count). The molecule has 0 aromatic carbocycles. The van der Waals surface area contributed by atoms with Gasteiger partial charge < -0.3 is 10.4 Å². The van der Waals surface area contributed by atoms with Crippen molar-refractivity contribution in [3.05, 3.63) is 39.5 Å². The van der Waals surface area contributed by atoms with E-state index in [0.29, 0.717) is 11.5 Å². The Bertz CT molecular complexity index is 1150. The molecule has 2 aromatic heterocycles. The Labute approximate surface area is 187 Å². The summed E-state index contributed by atoms with van der Waals surface area (Å²) in [6, 6.07) is 0.841. The fourth-order valence-corrected chi connectivity index (χ4v) is 6.38. The van der Waals surface area contributed by atoms with E-state index in [-0.39, 0.29) is 10.1 Å². The predicted molar refractivity (Wildman–Crippen MR) is 124 cm³/mol. The van der Waals surface area contributed by atoms with Crippen molar-refractivity contribution in [2.75, 3.05) is 5.32 Å². The zero-order valence-corrected chi connectivity index (χ0v) is 20.0. The van der Waals surface area contributed by atoms with E-state index in [1.54, 1.807) is 25.3 Å². The van der Waals surface area contributed by atoms with Crippen molar-refractivity contribution >= 4 is 33.0 Å². The molecule has 31 heavy (non-hydrogen) atoms. The maximum absolute atomic E-state index is 13.0. The number of nitrogens with two attached hydrogens (primary N) is 1. The first kappa shape index (κ1) is 22.4. The van der Waals surface area contributed by atoms with Gasteiger partial charge in [-0.15, -0.1) is 15.7 Å². The van der Waals surface area contributed by atoms with Crippen molar-refractivity contribution in [2.24, 2.45) is 9.50 Å². The molecule has 2 heterocycles. The van der Waals surface area contributed by atoms with E-state index >= 15 is 0 Å². The Morgan fingerprint density at radius 3 is 2.68 bits per heavy atom. The van der Waals surface area contributed by atoms with Crippen LogP contribution in [0.1, 0.15) is 86.9 Å². The Hall–Kier alpha value is -1.81. The Morgan fingerprint density at radius 2 is 2.10 bits per heavy atom. The molecule has 2 aliphatic rings. The summed E-state index contributed by atoms with van der Waals surface area (Å²) in [7, 11) is -3.43. The number of nitrogens with one attached hydrogen (secondary N) is 1. The van der Waals surface area contributed by atoms with Crippen LogP contribution in [0, 0.1) is 0 Å². The third-order valence-electron chi connectivity index (χ3n) is 5.85. The van der Waals surface area contributed by atoms with Crippen LogP contribution in [0.4, 0.5) is 10.5 Å². The average Bonchev–Trinajstić information content (AvgIpc) is 3.15. The highest BCUT2D eigenvalue weighted by Crippen LogP contribution is 2.47. The molecular formula is C22H30N4O3S2. The summed E-state index contributed by atoms with van der Waals surface area (Å²) in [6.07, 6.45) is 5.04. The number of aryl methyl sites for hydroxylation is 1. The van der Waals surface area contributed by atoms with Crippen LogP contribution in [-0.4, -0.2) is 20.3 Å². The Balaban J connectivity index is 1.70. The van der Waals surface area contributed by atoms with Gasteiger partial charge in [0.25, 0.3) is 0 Å². The molecule has 0 saturated heterocycles. The zero-order chi connectivity index (χ0) is 22.6. The highest BCUT2D eigenvalue weighted by molar-refractivity contribution is 7.93. The number of hydrogen-bond acceptors (Lipinski definition) is 5. The lowest BCUT2D eigenvalue weighted by Gasteiger charge is -2.21. The first-order chi connectivity index (χ1) is 14.5. The van der Waals surface area contributed by atoms with Crippen LogP contribution in [0.15, 0.2) is 20.0 Å². The van der Waals surface area contributed by atoms with Crippen molar-refractivity contribution in [3.8, 4) is 0 Å². The molecule has 0 aliphatic heterocycles. The van der Waals surface area contributed by atoms with Gasteiger partial charge in [-0.3, -0.25) is 4.98 Å². The van der Waals surface area contributed by atoms with E-state index in [1.165, 1.54) is 0 Å². The summed E-state index contributed by atoms with van der Waals surface area (Å²) in [6.45, 7) is 7.48. The fraction of sp³-hybridized carbons (Fsp3) is 0.545. The quantitative estimate of drug-likeness (QED) is 0.592. The number of hydrogen-bond donors (Lipinski definition) is 3. The van der Waals surface area contributed by atoms with Crippen LogP contribution in [0.3, 0.4) is 0 Å².